The molecule has 1 aromatic rings. The summed E-state index contributed by atoms with van der Waals surface area (Å²) in [5.74, 6) is -0.723. The molecule has 0 aliphatic carbocycles. The second-order valence-electron chi connectivity index (χ2n) is 4.04. The number of hydroxylamine groups is 1. The number of primary amides is 1. The molecule has 102 valence electrons. The number of carbonyl (C=O) groups excluding carboxylic acids is 1. The second kappa shape index (κ2) is 4.58. The Bertz CT molecular complexity index is 540. The van der Waals surface area contributed by atoms with Gasteiger partial charge in [0.05, 0.1) is 16.8 Å². The highest BCUT2D eigenvalue weighted by atomic mass is 19.4. The lowest BCUT2D eigenvalue weighted by Gasteiger charge is -2.20. The van der Waals surface area contributed by atoms with Crippen LogP contribution in [-0.4, -0.2) is 12.0 Å². The van der Waals surface area contributed by atoms with Crippen LogP contribution in [0, 0.1) is 0 Å². The molecule has 2 N–H and O–H groups in total. The van der Waals surface area contributed by atoms with Crippen LogP contribution in [-0.2, 0) is 15.8 Å². The van der Waals surface area contributed by atoms with Gasteiger partial charge in [-0.3, -0.25) is 9.63 Å². The van der Waals surface area contributed by atoms with Gasteiger partial charge in [-0.05, 0) is 19.1 Å². The average molecular weight is 272 g/mol. The van der Waals surface area contributed by atoms with Crippen molar-refractivity contribution >= 4 is 11.6 Å². The third kappa shape index (κ3) is 2.55. The van der Waals surface area contributed by atoms with Crippen molar-refractivity contribution in [3.05, 3.63) is 41.6 Å². The van der Waals surface area contributed by atoms with Crippen molar-refractivity contribution in [2.24, 2.45) is 5.73 Å². The van der Waals surface area contributed by atoms with Crippen LogP contribution in [0.4, 0.5) is 18.9 Å². The molecule has 1 unspecified atom stereocenters. The van der Waals surface area contributed by atoms with Crippen molar-refractivity contribution in [3.8, 4) is 0 Å². The van der Waals surface area contributed by atoms with Crippen LogP contribution in [0.1, 0.15) is 12.5 Å². The summed E-state index contributed by atoms with van der Waals surface area (Å²) in [4.78, 5) is 16.3. The molecule has 0 spiro atoms. The second-order valence-corrected chi connectivity index (χ2v) is 4.04. The summed E-state index contributed by atoms with van der Waals surface area (Å²) >= 11 is 0. The van der Waals surface area contributed by atoms with Crippen LogP contribution in [0.15, 0.2) is 36.0 Å². The van der Waals surface area contributed by atoms with Crippen molar-refractivity contribution in [2.75, 3.05) is 5.06 Å². The van der Waals surface area contributed by atoms with Gasteiger partial charge in [0.2, 0.25) is 5.91 Å². The summed E-state index contributed by atoms with van der Waals surface area (Å²) in [5, 5.41) is 0.924. The van der Waals surface area contributed by atoms with Gasteiger partial charge in [-0.2, -0.15) is 13.2 Å². The number of halogens is 3. The van der Waals surface area contributed by atoms with Gasteiger partial charge in [0.15, 0.2) is 0 Å². The number of nitrogens with zero attached hydrogens (tertiary/aromatic N) is 1. The number of alkyl halides is 3. The summed E-state index contributed by atoms with van der Waals surface area (Å²) < 4.78 is 38.6. The highest BCUT2D eigenvalue weighted by molar-refractivity contribution is 5.94. The zero-order valence-corrected chi connectivity index (χ0v) is 9.94. The molecule has 1 aliphatic rings. The first-order chi connectivity index (χ1) is 8.80. The summed E-state index contributed by atoms with van der Waals surface area (Å²) in [6.07, 6.45) is -4.01. The van der Waals surface area contributed by atoms with E-state index in [0.29, 0.717) is 0 Å². The lowest BCUT2D eigenvalue weighted by Crippen LogP contribution is -2.22. The fraction of sp³-hybridized carbons (Fsp3) is 0.250. The van der Waals surface area contributed by atoms with E-state index in [1.54, 1.807) is 0 Å². The Morgan fingerprint density at radius 2 is 2.00 bits per heavy atom. The molecule has 0 saturated heterocycles. The average Bonchev–Trinajstić information content (AvgIpc) is 2.70. The summed E-state index contributed by atoms with van der Waals surface area (Å²) in [6, 6.07) is 4.94. The topological polar surface area (TPSA) is 55.6 Å². The molecule has 0 fully saturated rings. The lowest BCUT2D eigenvalue weighted by molar-refractivity contribution is -0.137. The Morgan fingerprint density at radius 3 is 2.53 bits per heavy atom. The predicted molar refractivity (Wildman–Crippen MR) is 61.7 cm³/mol. The van der Waals surface area contributed by atoms with Crippen molar-refractivity contribution < 1.29 is 22.8 Å². The normalized spacial score (nSPS) is 19.5. The van der Waals surface area contributed by atoms with Gasteiger partial charge >= 0.3 is 6.18 Å². The SMILES string of the molecule is CC1ON(c2ccccc2C(F)(F)F)C=C1C(N)=O. The number of para-hydroxylation sites is 1. The van der Waals surface area contributed by atoms with Crippen LogP contribution in [0.5, 0.6) is 0 Å². The predicted octanol–water partition coefficient (Wildman–Crippen LogP) is 2.21. The number of hydrogen-bond acceptors (Lipinski definition) is 3. The minimum atomic E-state index is -4.51. The van der Waals surface area contributed by atoms with Gasteiger partial charge < -0.3 is 5.73 Å². The van der Waals surface area contributed by atoms with Crippen molar-refractivity contribution in [2.45, 2.75) is 19.2 Å². The maximum Gasteiger partial charge on any atom is 0.418 e. The molecule has 7 heteroatoms. The minimum Gasteiger partial charge on any atom is -0.366 e. The molecule has 2 rings (SSSR count). The largest absolute Gasteiger partial charge is 0.418 e. The molecular weight excluding hydrogens is 261 g/mol. The zero-order valence-electron chi connectivity index (χ0n) is 9.94. The van der Waals surface area contributed by atoms with Gasteiger partial charge in [0, 0.05) is 6.20 Å². The minimum absolute atomic E-state index is 0.122. The van der Waals surface area contributed by atoms with Crippen LogP contribution in [0.25, 0.3) is 0 Å². The Hall–Kier alpha value is -2.02. The van der Waals surface area contributed by atoms with E-state index in [0.717, 1.165) is 11.1 Å². The molecular formula is C12H11F3N2O2. The van der Waals surface area contributed by atoms with Crippen LogP contribution in [0.3, 0.4) is 0 Å². The monoisotopic (exact) mass is 272 g/mol. The Morgan fingerprint density at radius 1 is 1.37 bits per heavy atom. The fourth-order valence-electron chi connectivity index (χ4n) is 1.78. The van der Waals surface area contributed by atoms with Crippen LogP contribution >= 0.6 is 0 Å². The fourth-order valence-corrected chi connectivity index (χ4v) is 1.78. The first kappa shape index (κ1) is 13.4. The van der Waals surface area contributed by atoms with E-state index in [4.69, 9.17) is 10.6 Å². The zero-order chi connectivity index (χ0) is 14.2. The first-order valence-corrected chi connectivity index (χ1v) is 5.44. The quantitative estimate of drug-likeness (QED) is 0.898. The molecule has 1 aliphatic heterocycles. The molecule has 1 aromatic carbocycles. The number of hydrogen-bond donors (Lipinski definition) is 1. The van der Waals surface area contributed by atoms with Gasteiger partial charge in [-0.1, -0.05) is 12.1 Å². The number of nitrogens with two attached hydrogens (primary N) is 1. The molecule has 1 atom stereocenters. The molecule has 0 radical (unpaired) electrons. The maximum atomic E-state index is 12.9. The smallest absolute Gasteiger partial charge is 0.366 e. The van der Waals surface area contributed by atoms with Crippen molar-refractivity contribution in [1.82, 2.24) is 0 Å². The number of benzene rings is 1. The van der Waals surface area contributed by atoms with Crippen LogP contribution in [0.2, 0.25) is 0 Å². The molecule has 4 nitrogen and oxygen atoms in total. The van der Waals surface area contributed by atoms with Gasteiger partial charge in [-0.25, -0.2) is 5.06 Å². The Balaban J connectivity index is 2.42. The van der Waals surface area contributed by atoms with E-state index in [1.807, 2.05) is 0 Å². The van der Waals surface area contributed by atoms with Crippen molar-refractivity contribution in [1.29, 1.82) is 0 Å². The summed E-state index contributed by atoms with van der Waals surface area (Å²) in [6.45, 7) is 1.53. The number of carbonyl (C=O) groups is 1. The molecule has 1 heterocycles. The highest BCUT2D eigenvalue weighted by Crippen LogP contribution is 2.38. The van der Waals surface area contributed by atoms with E-state index >= 15 is 0 Å². The molecule has 0 bridgehead atoms. The Labute approximate surface area is 107 Å². The van der Waals surface area contributed by atoms with E-state index < -0.39 is 23.8 Å². The van der Waals surface area contributed by atoms with Gasteiger partial charge in [0.1, 0.15) is 6.10 Å². The standard InChI is InChI=1S/C12H11F3N2O2/c1-7-8(11(16)18)6-17(19-7)10-5-3-2-4-9(10)12(13,14)15/h2-7H,1H3,(H2,16,18). The lowest BCUT2D eigenvalue weighted by atomic mass is 10.1. The molecule has 0 saturated carbocycles. The maximum absolute atomic E-state index is 12.9. The molecule has 0 aromatic heterocycles. The van der Waals surface area contributed by atoms with Gasteiger partial charge in [-0.15, -0.1) is 0 Å². The van der Waals surface area contributed by atoms with E-state index in [-0.39, 0.29) is 11.3 Å². The number of anilines is 1. The van der Waals surface area contributed by atoms with Gasteiger partial charge in [0.25, 0.3) is 0 Å². The Kier molecular flexibility index (Phi) is 3.23. The van der Waals surface area contributed by atoms with Crippen LogP contribution < -0.4 is 10.8 Å². The number of amides is 1. The highest BCUT2D eigenvalue weighted by Gasteiger charge is 2.36. The van der Waals surface area contributed by atoms with E-state index in [1.165, 1.54) is 31.3 Å². The van der Waals surface area contributed by atoms with Crippen molar-refractivity contribution in [3.63, 3.8) is 0 Å². The van der Waals surface area contributed by atoms with E-state index in [9.17, 15) is 18.0 Å². The van der Waals surface area contributed by atoms with E-state index in [2.05, 4.69) is 0 Å². The number of rotatable bonds is 2. The molecule has 1 amide bonds. The third-order valence-electron chi connectivity index (χ3n) is 2.70. The summed E-state index contributed by atoms with van der Waals surface area (Å²) in [7, 11) is 0. The summed E-state index contributed by atoms with van der Waals surface area (Å²) in [5.41, 5.74) is 4.21. The molecule has 19 heavy (non-hydrogen) atoms. The first-order valence-electron chi connectivity index (χ1n) is 5.44. The third-order valence-corrected chi connectivity index (χ3v) is 2.70.